The summed E-state index contributed by atoms with van der Waals surface area (Å²) in [6.45, 7) is 4.02. The lowest BCUT2D eigenvalue weighted by Gasteiger charge is -2.38. The van der Waals surface area contributed by atoms with Crippen LogP contribution in [-0.2, 0) is 20.9 Å². The van der Waals surface area contributed by atoms with Crippen molar-refractivity contribution in [2.75, 3.05) is 11.5 Å². The molecule has 0 spiro atoms. The molecule has 1 aromatic heterocycles. The number of nitro groups is 1. The van der Waals surface area contributed by atoms with Crippen LogP contribution in [0.1, 0.15) is 29.7 Å². The summed E-state index contributed by atoms with van der Waals surface area (Å²) in [5.41, 5.74) is 3.90. The number of amides is 1. The molecule has 2 atom stereocenters. The van der Waals surface area contributed by atoms with E-state index in [1.807, 2.05) is 60.0 Å². The molecule has 0 bridgehead atoms. The fraction of sp³-hybridized carbons (Fsp3) is 0.222. The van der Waals surface area contributed by atoms with Gasteiger partial charge in [0.15, 0.2) is 5.92 Å². The SMILES string of the molecule is CCOC(=O)[C@@H]1C(=O)N(Cc2ccc(C)cc2)c2nc3ccccc3n2[C@@H]1c1ccc([N+](=O)[O-])cc1. The van der Waals surface area contributed by atoms with Crippen molar-refractivity contribution in [1.82, 2.24) is 9.55 Å². The van der Waals surface area contributed by atoms with Crippen LogP contribution in [0.2, 0.25) is 0 Å². The van der Waals surface area contributed by atoms with E-state index in [9.17, 15) is 19.7 Å². The number of anilines is 1. The van der Waals surface area contributed by atoms with Crippen molar-refractivity contribution in [1.29, 1.82) is 0 Å². The zero-order valence-electron chi connectivity index (χ0n) is 19.8. The van der Waals surface area contributed by atoms with Gasteiger partial charge in [-0.1, -0.05) is 54.1 Å². The third-order valence-corrected chi connectivity index (χ3v) is 6.39. The second-order valence-corrected chi connectivity index (χ2v) is 8.70. The van der Waals surface area contributed by atoms with Gasteiger partial charge in [0.25, 0.3) is 5.69 Å². The molecule has 0 saturated heterocycles. The van der Waals surface area contributed by atoms with E-state index in [0.29, 0.717) is 17.0 Å². The molecular weight excluding hydrogens is 460 g/mol. The van der Waals surface area contributed by atoms with Crippen LogP contribution in [0.5, 0.6) is 0 Å². The molecule has 3 aromatic carbocycles. The van der Waals surface area contributed by atoms with Crippen molar-refractivity contribution in [3.63, 3.8) is 0 Å². The number of fused-ring (bicyclic) bond motifs is 3. The molecule has 0 aliphatic carbocycles. The van der Waals surface area contributed by atoms with Gasteiger partial charge in [-0.3, -0.25) is 24.6 Å². The number of esters is 1. The monoisotopic (exact) mass is 484 g/mol. The van der Waals surface area contributed by atoms with E-state index in [4.69, 9.17) is 9.72 Å². The van der Waals surface area contributed by atoms with Crippen molar-refractivity contribution in [3.8, 4) is 0 Å². The molecule has 1 aliphatic heterocycles. The van der Waals surface area contributed by atoms with Gasteiger partial charge in [-0.15, -0.1) is 0 Å². The van der Waals surface area contributed by atoms with Crippen LogP contribution >= 0.6 is 0 Å². The fourth-order valence-electron chi connectivity index (χ4n) is 4.67. The number of hydrogen-bond acceptors (Lipinski definition) is 6. The molecule has 9 nitrogen and oxygen atoms in total. The predicted molar refractivity (Wildman–Crippen MR) is 133 cm³/mol. The number of ether oxygens (including phenoxy) is 1. The lowest BCUT2D eigenvalue weighted by molar-refractivity contribution is -0.384. The molecule has 0 radical (unpaired) electrons. The van der Waals surface area contributed by atoms with Gasteiger partial charge in [0.05, 0.1) is 35.2 Å². The quantitative estimate of drug-likeness (QED) is 0.172. The number of carbonyl (C=O) groups is 2. The van der Waals surface area contributed by atoms with Crippen LogP contribution in [-0.4, -0.2) is 33.0 Å². The van der Waals surface area contributed by atoms with E-state index in [2.05, 4.69) is 0 Å². The summed E-state index contributed by atoms with van der Waals surface area (Å²) in [6.07, 6.45) is 0. The Balaban J connectivity index is 1.72. The first-order valence-electron chi connectivity index (χ1n) is 11.6. The highest BCUT2D eigenvalue weighted by Crippen LogP contribution is 2.42. The number of carbonyl (C=O) groups excluding carboxylic acids is 2. The van der Waals surface area contributed by atoms with Crippen molar-refractivity contribution < 1.29 is 19.2 Å². The smallest absolute Gasteiger partial charge is 0.321 e. The Bertz CT molecular complexity index is 1460. The van der Waals surface area contributed by atoms with Gasteiger partial charge in [0.2, 0.25) is 11.9 Å². The summed E-state index contributed by atoms with van der Waals surface area (Å²) in [5.74, 6) is -1.86. The van der Waals surface area contributed by atoms with Crippen LogP contribution in [0.3, 0.4) is 0 Å². The molecule has 1 aliphatic rings. The topological polar surface area (TPSA) is 108 Å². The Labute approximate surface area is 207 Å². The number of rotatable bonds is 6. The number of benzene rings is 3. The van der Waals surface area contributed by atoms with Gasteiger partial charge in [-0.25, -0.2) is 4.98 Å². The van der Waals surface area contributed by atoms with E-state index in [1.54, 1.807) is 19.1 Å². The molecule has 1 amide bonds. The maximum absolute atomic E-state index is 14.0. The molecule has 36 heavy (non-hydrogen) atoms. The molecule has 0 N–H and O–H groups in total. The first-order chi connectivity index (χ1) is 17.4. The van der Waals surface area contributed by atoms with Crippen molar-refractivity contribution in [3.05, 3.63) is 99.6 Å². The largest absolute Gasteiger partial charge is 0.465 e. The number of imidazole rings is 1. The van der Waals surface area contributed by atoms with Gasteiger partial charge in [0.1, 0.15) is 0 Å². The molecule has 0 fully saturated rings. The third kappa shape index (κ3) is 3.98. The molecule has 0 unspecified atom stereocenters. The second kappa shape index (κ2) is 9.26. The molecule has 5 rings (SSSR count). The summed E-state index contributed by atoms with van der Waals surface area (Å²) in [6, 6.07) is 20.4. The minimum Gasteiger partial charge on any atom is -0.465 e. The normalized spacial score (nSPS) is 17.2. The number of aromatic nitrogens is 2. The molecule has 2 heterocycles. The van der Waals surface area contributed by atoms with Crippen molar-refractivity contribution in [2.45, 2.75) is 26.4 Å². The van der Waals surface area contributed by atoms with Crippen molar-refractivity contribution in [2.24, 2.45) is 5.92 Å². The molecule has 9 heteroatoms. The Kier molecular flexibility index (Phi) is 5.97. The van der Waals surface area contributed by atoms with E-state index >= 15 is 0 Å². The maximum Gasteiger partial charge on any atom is 0.321 e. The highest BCUT2D eigenvalue weighted by molar-refractivity contribution is 6.08. The maximum atomic E-state index is 14.0. The fourth-order valence-corrected chi connectivity index (χ4v) is 4.67. The first kappa shape index (κ1) is 23.2. The Morgan fingerprint density at radius 1 is 1.06 bits per heavy atom. The minimum absolute atomic E-state index is 0.0784. The first-order valence-corrected chi connectivity index (χ1v) is 11.6. The summed E-state index contributed by atoms with van der Waals surface area (Å²) < 4.78 is 7.22. The Morgan fingerprint density at radius 3 is 2.42 bits per heavy atom. The van der Waals surface area contributed by atoms with Crippen LogP contribution in [0.4, 0.5) is 11.6 Å². The number of non-ortho nitro benzene ring substituents is 1. The predicted octanol–water partition coefficient (Wildman–Crippen LogP) is 4.57. The molecule has 4 aromatic rings. The standard InChI is InChI=1S/C27H24N4O5/c1-3-36-26(33)23-24(19-12-14-20(15-13-19)31(34)35)30-22-7-5-4-6-21(22)28-27(30)29(25(23)32)16-18-10-8-17(2)9-11-18/h4-15,23-24H,3,16H2,1-2H3/t23-,24+/m0/s1. The number of nitrogens with zero attached hydrogens (tertiary/aromatic N) is 4. The highest BCUT2D eigenvalue weighted by atomic mass is 16.6. The Hall–Kier alpha value is -4.53. The number of aryl methyl sites for hydroxylation is 1. The van der Waals surface area contributed by atoms with E-state index in [-0.39, 0.29) is 18.8 Å². The second-order valence-electron chi connectivity index (χ2n) is 8.70. The lowest BCUT2D eigenvalue weighted by atomic mass is 9.89. The van der Waals surface area contributed by atoms with Gasteiger partial charge < -0.3 is 9.30 Å². The van der Waals surface area contributed by atoms with E-state index in [0.717, 1.165) is 16.6 Å². The summed E-state index contributed by atoms with van der Waals surface area (Å²) in [7, 11) is 0. The van der Waals surface area contributed by atoms with Gasteiger partial charge >= 0.3 is 5.97 Å². The molecular formula is C27H24N4O5. The summed E-state index contributed by atoms with van der Waals surface area (Å²) in [4.78, 5) is 44.3. The summed E-state index contributed by atoms with van der Waals surface area (Å²) in [5, 5.41) is 11.2. The van der Waals surface area contributed by atoms with E-state index in [1.165, 1.54) is 17.0 Å². The number of para-hydroxylation sites is 2. The van der Waals surface area contributed by atoms with Crippen LogP contribution < -0.4 is 4.90 Å². The van der Waals surface area contributed by atoms with Gasteiger partial charge in [-0.2, -0.15) is 0 Å². The number of nitro benzene ring substituents is 1. The van der Waals surface area contributed by atoms with Crippen LogP contribution in [0.25, 0.3) is 11.0 Å². The number of hydrogen-bond donors (Lipinski definition) is 0. The van der Waals surface area contributed by atoms with Crippen LogP contribution in [0, 0.1) is 23.0 Å². The average Bonchev–Trinajstić information content (AvgIpc) is 3.26. The molecule has 182 valence electrons. The van der Waals surface area contributed by atoms with E-state index < -0.39 is 28.8 Å². The summed E-state index contributed by atoms with van der Waals surface area (Å²) >= 11 is 0. The van der Waals surface area contributed by atoms with Gasteiger partial charge in [0, 0.05) is 12.1 Å². The average molecular weight is 485 g/mol. The van der Waals surface area contributed by atoms with Crippen LogP contribution in [0.15, 0.2) is 72.8 Å². The van der Waals surface area contributed by atoms with Gasteiger partial charge in [-0.05, 0) is 37.1 Å². The highest BCUT2D eigenvalue weighted by Gasteiger charge is 2.48. The van der Waals surface area contributed by atoms with Crippen molar-refractivity contribution >= 4 is 34.5 Å². The third-order valence-electron chi connectivity index (χ3n) is 6.39. The minimum atomic E-state index is -1.19. The lowest BCUT2D eigenvalue weighted by Crippen LogP contribution is -2.49. The molecule has 0 saturated carbocycles. The zero-order chi connectivity index (χ0) is 25.4. The Morgan fingerprint density at radius 2 is 1.75 bits per heavy atom. The zero-order valence-corrected chi connectivity index (χ0v) is 19.8.